The van der Waals surface area contributed by atoms with Crippen molar-refractivity contribution < 1.29 is 0 Å². The number of benzene rings is 1. The summed E-state index contributed by atoms with van der Waals surface area (Å²) >= 11 is 0. The molecule has 0 aliphatic carbocycles. The number of anilines is 1. The third-order valence-electron chi connectivity index (χ3n) is 3.66. The Balaban J connectivity index is 2.03. The van der Waals surface area contributed by atoms with Crippen molar-refractivity contribution in [3.8, 4) is 11.4 Å². The first-order valence-electron chi connectivity index (χ1n) is 6.81. The van der Waals surface area contributed by atoms with Gasteiger partial charge in [-0.15, -0.1) is 5.10 Å². The molecular formula is C15H20N4. The molecule has 0 bridgehead atoms. The van der Waals surface area contributed by atoms with Gasteiger partial charge in [-0.1, -0.05) is 51.1 Å². The second-order valence-electron chi connectivity index (χ2n) is 6.17. The topological polar surface area (TPSA) is 42.7 Å². The predicted molar refractivity (Wildman–Crippen MR) is 77.1 cm³/mol. The maximum absolute atomic E-state index is 4.71. The van der Waals surface area contributed by atoms with Crippen LogP contribution in [0.15, 0.2) is 30.3 Å². The summed E-state index contributed by atoms with van der Waals surface area (Å²) in [6.45, 7) is 7.75. The summed E-state index contributed by atoms with van der Waals surface area (Å²) in [6, 6.07) is 10.5. The Labute approximate surface area is 113 Å². The minimum absolute atomic E-state index is 0.193. The standard InChI is InChI=1S/C15H20N4/c1-15(2,3)12-9-10-16-14-17-13(18-19(12)14)11-7-5-4-6-8-11/h4-8,12H,9-10H2,1-3H3,(H,16,17,18). The highest BCUT2D eigenvalue weighted by atomic mass is 15.4. The monoisotopic (exact) mass is 256 g/mol. The van der Waals surface area contributed by atoms with E-state index in [9.17, 15) is 0 Å². The van der Waals surface area contributed by atoms with Gasteiger partial charge in [0.1, 0.15) is 0 Å². The lowest BCUT2D eigenvalue weighted by molar-refractivity contribution is 0.210. The summed E-state index contributed by atoms with van der Waals surface area (Å²) in [5.41, 5.74) is 1.26. The molecule has 19 heavy (non-hydrogen) atoms. The van der Waals surface area contributed by atoms with Crippen LogP contribution >= 0.6 is 0 Å². The molecule has 1 aromatic carbocycles. The van der Waals surface area contributed by atoms with E-state index in [2.05, 4.69) is 35.8 Å². The highest BCUT2D eigenvalue weighted by molar-refractivity contribution is 5.56. The van der Waals surface area contributed by atoms with E-state index in [4.69, 9.17) is 5.10 Å². The molecule has 2 heterocycles. The molecule has 1 atom stereocenters. The van der Waals surface area contributed by atoms with Crippen molar-refractivity contribution >= 4 is 5.95 Å². The van der Waals surface area contributed by atoms with Crippen LogP contribution in [0, 0.1) is 5.41 Å². The Morgan fingerprint density at radius 1 is 1.21 bits per heavy atom. The fourth-order valence-electron chi connectivity index (χ4n) is 2.61. The molecule has 4 heteroatoms. The van der Waals surface area contributed by atoms with Gasteiger partial charge >= 0.3 is 0 Å². The minimum Gasteiger partial charge on any atom is -0.354 e. The van der Waals surface area contributed by atoms with Gasteiger partial charge in [-0.25, -0.2) is 4.68 Å². The van der Waals surface area contributed by atoms with Gasteiger partial charge in [0.2, 0.25) is 5.95 Å². The average molecular weight is 256 g/mol. The van der Waals surface area contributed by atoms with Crippen molar-refractivity contribution in [1.82, 2.24) is 14.8 Å². The summed E-state index contributed by atoms with van der Waals surface area (Å²) < 4.78 is 2.06. The molecule has 1 N–H and O–H groups in total. The first kappa shape index (κ1) is 12.2. The van der Waals surface area contributed by atoms with Gasteiger partial charge in [-0.05, 0) is 11.8 Å². The molecule has 0 amide bonds. The molecule has 1 unspecified atom stereocenters. The Bertz CT molecular complexity index is 566. The smallest absolute Gasteiger partial charge is 0.221 e. The van der Waals surface area contributed by atoms with Crippen LogP contribution in [0.5, 0.6) is 0 Å². The lowest BCUT2D eigenvalue weighted by atomic mass is 9.84. The van der Waals surface area contributed by atoms with Gasteiger partial charge in [0, 0.05) is 12.1 Å². The van der Waals surface area contributed by atoms with Crippen LogP contribution in [0.1, 0.15) is 33.2 Å². The van der Waals surface area contributed by atoms with E-state index in [1.165, 1.54) is 0 Å². The van der Waals surface area contributed by atoms with E-state index in [1.54, 1.807) is 0 Å². The molecule has 0 saturated heterocycles. The number of hydrogen-bond acceptors (Lipinski definition) is 3. The Kier molecular flexibility index (Phi) is 2.81. The highest BCUT2D eigenvalue weighted by Gasteiger charge is 2.32. The Morgan fingerprint density at radius 3 is 2.63 bits per heavy atom. The lowest BCUT2D eigenvalue weighted by Gasteiger charge is -2.34. The predicted octanol–water partition coefficient (Wildman–Crippen LogP) is 3.35. The van der Waals surface area contributed by atoms with Gasteiger partial charge in [0.05, 0.1) is 6.04 Å². The van der Waals surface area contributed by atoms with E-state index in [1.807, 2.05) is 30.3 Å². The van der Waals surface area contributed by atoms with Crippen LogP contribution in [0.25, 0.3) is 11.4 Å². The van der Waals surface area contributed by atoms with Crippen molar-refractivity contribution in [2.24, 2.45) is 5.41 Å². The van der Waals surface area contributed by atoms with Gasteiger partial charge in [0.15, 0.2) is 5.82 Å². The molecule has 100 valence electrons. The van der Waals surface area contributed by atoms with Crippen LogP contribution in [-0.4, -0.2) is 21.3 Å². The minimum atomic E-state index is 0.193. The van der Waals surface area contributed by atoms with E-state index in [-0.39, 0.29) is 5.41 Å². The second-order valence-corrected chi connectivity index (χ2v) is 6.17. The van der Waals surface area contributed by atoms with Gasteiger partial charge < -0.3 is 5.32 Å². The Hall–Kier alpha value is -1.84. The van der Waals surface area contributed by atoms with Crippen molar-refractivity contribution in [3.63, 3.8) is 0 Å². The lowest BCUT2D eigenvalue weighted by Crippen LogP contribution is -2.32. The molecule has 0 saturated carbocycles. The van der Waals surface area contributed by atoms with E-state index < -0.39 is 0 Å². The van der Waals surface area contributed by atoms with Crippen LogP contribution in [0.4, 0.5) is 5.95 Å². The number of nitrogens with one attached hydrogen (secondary N) is 1. The van der Waals surface area contributed by atoms with E-state index >= 15 is 0 Å². The number of rotatable bonds is 1. The fraction of sp³-hybridized carbons (Fsp3) is 0.467. The first-order chi connectivity index (χ1) is 9.05. The summed E-state index contributed by atoms with van der Waals surface area (Å²) in [4.78, 5) is 4.63. The SMILES string of the molecule is CC(C)(C)C1CCNc2nc(-c3ccccc3)nn21. The largest absolute Gasteiger partial charge is 0.354 e. The van der Waals surface area contributed by atoms with Crippen molar-refractivity contribution in [2.45, 2.75) is 33.2 Å². The zero-order chi connectivity index (χ0) is 13.5. The molecule has 3 rings (SSSR count). The third-order valence-corrected chi connectivity index (χ3v) is 3.66. The molecule has 2 aromatic rings. The molecule has 1 aliphatic heterocycles. The molecular weight excluding hydrogens is 236 g/mol. The van der Waals surface area contributed by atoms with Crippen molar-refractivity contribution in [1.29, 1.82) is 0 Å². The molecule has 0 radical (unpaired) electrons. The third kappa shape index (κ3) is 2.23. The van der Waals surface area contributed by atoms with Crippen molar-refractivity contribution in [2.75, 3.05) is 11.9 Å². The van der Waals surface area contributed by atoms with E-state index in [0.29, 0.717) is 6.04 Å². The fourth-order valence-corrected chi connectivity index (χ4v) is 2.61. The highest BCUT2D eigenvalue weighted by Crippen LogP contribution is 2.37. The summed E-state index contributed by atoms with van der Waals surface area (Å²) in [7, 11) is 0. The first-order valence-corrected chi connectivity index (χ1v) is 6.81. The Morgan fingerprint density at radius 2 is 1.95 bits per heavy atom. The number of nitrogens with zero attached hydrogens (tertiary/aromatic N) is 3. The number of fused-ring (bicyclic) bond motifs is 1. The normalized spacial score (nSPS) is 18.8. The quantitative estimate of drug-likeness (QED) is 0.851. The summed E-state index contributed by atoms with van der Waals surface area (Å²) in [5, 5.41) is 8.06. The maximum Gasteiger partial charge on any atom is 0.221 e. The van der Waals surface area contributed by atoms with E-state index in [0.717, 1.165) is 30.3 Å². The molecule has 4 nitrogen and oxygen atoms in total. The average Bonchev–Trinajstić information content (AvgIpc) is 2.82. The second kappa shape index (κ2) is 4.37. The van der Waals surface area contributed by atoms with Gasteiger partial charge in [-0.2, -0.15) is 4.98 Å². The zero-order valence-corrected chi connectivity index (χ0v) is 11.7. The molecule has 1 aliphatic rings. The van der Waals surface area contributed by atoms with Crippen LogP contribution < -0.4 is 5.32 Å². The molecule has 1 aromatic heterocycles. The van der Waals surface area contributed by atoms with Gasteiger partial charge in [-0.3, -0.25) is 0 Å². The summed E-state index contributed by atoms with van der Waals surface area (Å²) in [5.74, 6) is 1.70. The van der Waals surface area contributed by atoms with Crippen LogP contribution in [-0.2, 0) is 0 Å². The molecule has 0 fully saturated rings. The van der Waals surface area contributed by atoms with Crippen LogP contribution in [0.3, 0.4) is 0 Å². The van der Waals surface area contributed by atoms with Crippen molar-refractivity contribution in [3.05, 3.63) is 30.3 Å². The molecule has 0 spiro atoms. The number of aromatic nitrogens is 3. The maximum atomic E-state index is 4.71. The van der Waals surface area contributed by atoms with Gasteiger partial charge in [0.25, 0.3) is 0 Å². The van der Waals surface area contributed by atoms with Crippen LogP contribution in [0.2, 0.25) is 0 Å². The zero-order valence-electron chi connectivity index (χ0n) is 11.7. The number of hydrogen-bond donors (Lipinski definition) is 1. The summed E-state index contributed by atoms with van der Waals surface area (Å²) in [6.07, 6.45) is 1.09.